The number of ether oxygens (including phenoxy) is 3. The number of benzene rings is 2. The molecule has 0 aliphatic carbocycles. The fourth-order valence-corrected chi connectivity index (χ4v) is 4.81. The molecule has 0 unspecified atom stereocenters. The van der Waals surface area contributed by atoms with E-state index in [2.05, 4.69) is 4.90 Å². The molecular weight excluding hydrogens is 434 g/mol. The average Bonchev–Trinajstić information content (AvgIpc) is 3.17. The van der Waals surface area contributed by atoms with Crippen molar-refractivity contribution < 1.29 is 23.7 Å². The number of halogens is 1. The van der Waals surface area contributed by atoms with E-state index < -0.39 is 0 Å². The highest BCUT2D eigenvalue weighted by atomic mass is 35.5. The number of rotatable bonds is 6. The maximum Gasteiger partial charge on any atom is 0.197 e. The lowest BCUT2D eigenvalue weighted by Crippen LogP contribution is -2.32. The summed E-state index contributed by atoms with van der Waals surface area (Å²) >= 11 is 6.46. The predicted octanol–water partition coefficient (Wildman–Crippen LogP) is 3.92. The van der Waals surface area contributed by atoms with Gasteiger partial charge in [-0.05, 0) is 38.2 Å². The molecule has 0 saturated carbocycles. The van der Waals surface area contributed by atoms with Crippen molar-refractivity contribution in [3.05, 3.63) is 51.1 Å². The Kier molecular flexibility index (Phi) is 6.33. The predicted molar refractivity (Wildman–Crippen MR) is 123 cm³/mol. The number of nitrogens with zero attached hydrogens (tertiary/aromatic N) is 1. The van der Waals surface area contributed by atoms with Gasteiger partial charge >= 0.3 is 0 Å². The van der Waals surface area contributed by atoms with E-state index in [-0.39, 0.29) is 24.0 Å². The van der Waals surface area contributed by atoms with Crippen molar-refractivity contribution in [2.24, 2.45) is 0 Å². The second-order valence-corrected chi connectivity index (χ2v) is 8.25. The van der Waals surface area contributed by atoms with Gasteiger partial charge in [-0.15, -0.1) is 0 Å². The van der Waals surface area contributed by atoms with E-state index in [1.54, 1.807) is 38.5 Å². The van der Waals surface area contributed by atoms with Crippen molar-refractivity contribution in [2.75, 3.05) is 41.5 Å². The largest absolute Gasteiger partial charge is 0.497 e. The Morgan fingerprint density at radius 1 is 1.12 bits per heavy atom. The number of hydrogen-bond acceptors (Lipinski definition) is 7. The molecule has 1 aliphatic heterocycles. The Morgan fingerprint density at radius 2 is 1.88 bits per heavy atom. The normalized spacial score (nSPS) is 18.8. The first kappa shape index (κ1) is 22.5. The number of aliphatic hydroxyl groups is 1. The second-order valence-electron chi connectivity index (χ2n) is 7.85. The highest BCUT2D eigenvalue weighted by Crippen LogP contribution is 2.45. The fraction of sp³-hybridized carbons (Fsp3) is 0.375. The van der Waals surface area contributed by atoms with Crippen LogP contribution in [0.5, 0.6) is 17.2 Å². The smallest absolute Gasteiger partial charge is 0.197 e. The topological polar surface area (TPSA) is 81.4 Å². The number of aliphatic hydroxyl groups excluding tert-OH is 1. The van der Waals surface area contributed by atoms with Crippen molar-refractivity contribution in [3.63, 3.8) is 0 Å². The number of fused-ring (bicyclic) bond motifs is 1. The van der Waals surface area contributed by atoms with Crippen LogP contribution in [0, 0.1) is 0 Å². The summed E-state index contributed by atoms with van der Waals surface area (Å²) < 4.78 is 22.8. The minimum absolute atomic E-state index is 0.0218. The zero-order chi connectivity index (χ0) is 23.0. The standard InChI is InChI=1S/C24H26ClNO6/c1-26-8-7-15(17(26)12-27)22-20(30-3)11-21(31-4)23-18(28)10-19(32-24(22)23)14-6-5-13(29-2)9-16(14)25/h5-6,9-11,15,17,27H,7-8,12H2,1-4H3/t15-,17+/m0/s1. The van der Waals surface area contributed by atoms with Gasteiger partial charge in [-0.1, -0.05) is 11.6 Å². The van der Waals surface area contributed by atoms with Crippen molar-refractivity contribution >= 4 is 22.6 Å². The van der Waals surface area contributed by atoms with E-state index in [4.69, 9.17) is 30.2 Å². The molecular formula is C24H26ClNO6. The molecule has 32 heavy (non-hydrogen) atoms. The van der Waals surface area contributed by atoms with Gasteiger partial charge in [0.1, 0.15) is 34.0 Å². The number of likely N-dealkylation sites (N-methyl/N-ethyl adjacent to an activating group) is 1. The zero-order valence-electron chi connectivity index (χ0n) is 18.5. The highest BCUT2D eigenvalue weighted by Gasteiger charge is 2.37. The first-order valence-corrected chi connectivity index (χ1v) is 10.7. The van der Waals surface area contributed by atoms with Gasteiger partial charge in [-0.25, -0.2) is 0 Å². The van der Waals surface area contributed by atoms with Gasteiger partial charge in [0.05, 0.1) is 33.0 Å². The molecule has 170 valence electrons. The number of hydrogen-bond donors (Lipinski definition) is 1. The van der Waals surface area contributed by atoms with Crippen LogP contribution < -0.4 is 19.6 Å². The van der Waals surface area contributed by atoms with Gasteiger partial charge in [0.25, 0.3) is 0 Å². The Bertz CT molecular complexity index is 1210. The van der Waals surface area contributed by atoms with E-state index in [0.29, 0.717) is 44.6 Å². The van der Waals surface area contributed by atoms with Gasteiger partial charge in [-0.3, -0.25) is 4.79 Å². The molecule has 0 bridgehead atoms. The van der Waals surface area contributed by atoms with Crippen LogP contribution in [0.2, 0.25) is 5.02 Å². The summed E-state index contributed by atoms with van der Waals surface area (Å²) in [4.78, 5) is 15.4. The van der Waals surface area contributed by atoms with Crippen LogP contribution in [-0.4, -0.2) is 57.6 Å². The molecule has 0 spiro atoms. The Morgan fingerprint density at radius 3 is 2.50 bits per heavy atom. The molecule has 2 heterocycles. The molecule has 0 amide bonds. The van der Waals surface area contributed by atoms with E-state index in [9.17, 15) is 9.90 Å². The van der Waals surface area contributed by atoms with E-state index >= 15 is 0 Å². The summed E-state index contributed by atoms with van der Waals surface area (Å²) in [6.07, 6.45) is 0.788. The van der Waals surface area contributed by atoms with E-state index in [0.717, 1.165) is 18.5 Å². The van der Waals surface area contributed by atoms with Crippen LogP contribution in [0.25, 0.3) is 22.3 Å². The molecule has 1 aliphatic rings. The Hall–Kier alpha value is -2.74. The lowest BCUT2D eigenvalue weighted by Gasteiger charge is -2.25. The zero-order valence-corrected chi connectivity index (χ0v) is 19.2. The van der Waals surface area contributed by atoms with Crippen LogP contribution in [0.15, 0.2) is 39.5 Å². The highest BCUT2D eigenvalue weighted by molar-refractivity contribution is 6.33. The molecule has 8 heteroatoms. The third-order valence-electron chi connectivity index (χ3n) is 6.23. The first-order chi connectivity index (χ1) is 15.4. The third-order valence-corrected chi connectivity index (χ3v) is 6.54. The minimum atomic E-state index is -0.249. The number of likely N-dealkylation sites (tertiary alicyclic amines) is 1. The van der Waals surface area contributed by atoms with Crippen molar-refractivity contribution in [1.29, 1.82) is 0 Å². The van der Waals surface area contributed by atoms with Crippen molar-refractivity contribution in [2.45, 2.75) is 18.4 Å². The van der Waals surface area contributed by atoms with E-state index in [1.165, 1.54) is 13.2 Å². The summed E-state index contributed by atoms with van der Waals surface area (Å²) in [5.74, 6) is 1.77. The molecule has 2 aromatic carbocycles. The summed E-state index contributed by atoms with van der Waals surface area (Å²) in [6.45, 7) is 0.785. The van der Waals surface area contributed by atoms with Gasteiger partial charge < -0.3 is 28.6 Å². The van der Waals surface area contributed by atoms with Gasteiger partial charge in [-0.2, -0.15) is 0 Å². The van der Waals surface area contributed by atoms with Crippen molar-refractivity contribution in [1.82, 2.24) is 4.90 Å². The molecule has 4 rings (SSSR count). The SMILES string of the molecule is COc1ccc(-c2cc(=O)c3c(OC)cc(OC)c([C@H]4CCN(C)[C@@H]4CO)c3o2)c(Cl)c1. The molecule has 1 saturated heterocycles. The van der Waals surface area contributed by atoms with Crippen LogP contribution in [-0.2, 0) is 0 Å². The average molecular weight is 460 g/mol. The molecule has 2 atom stereocenters. The molecule has 1 aromatic heterocycles. The van der Waals surface area contributed by atoms with Crippen LogP contribution in [0.3, 0.4) is 0 Å². The quantitative estimate of drug-likeness (QED) is 0.598. The lowest BCUT2D eigenvalue weighted by molar-refractivity contribution is 0.171. The van der Waals surface area contributed by atoms with Crippen LogP contribution in [0.1, 0.15) is 17.9 Å². The minimum Gasteiger partial charge on any atom is -0.497 e. The maximum absolute atomic E-state index is 13.3. The molecule has 0 radical (unpaired) electrons. The first-order valence-electron chi connectivity index (χ1n) is 10.3. The second kappa shape index (κ2) is 9.02. The molecule has 1 N–H and O–H groups in total. The molecule has 1 fully saturated rings. The Balaban J connectivity index is 2.03. The summed E-state index contributed by atoms with van der Waals surface area (Å²) in [5.41, 5.74) is 1.45. The Labute approximate surface area is 191 Å². The van der Waals surface area contributed by atoms with Crippen LogP contribution in [0.4, 0.5) is 0 Å². The monoisotopic (exact) mass is 459 g/mol. The van der Waals surface area contributed by atoms with Crippen molar-refractivity contribution in [3.8, 4) is 28.6 Å². The van der Waals surface area contributed by atoms with Crippen LogP contribution >= 0.6 is 11.6 Å². The van der Waals surface area contributed by atoms with Gasteiger partial charge in [0.2, 0.25) is 0 Å². The fourth-order valence-electron chi connectivity index (χ4n) is 4.55. The molecule has 3 aromatic rings. The van der Waals surface area contributed by atoms with Gasteiger partial charge in [0.15, 0.2) is 5.43 Å². The summed E-state index contributed by atoms with van der Waals surface area (Å²) in [7, 11) is 6.60. The number of methoxy groups -OCH3 is 3. The van der Waals surface area contributed by atoms with E-state index in [1.807, 2.05) is 7.05 Å². The van der Waals surface area contributed by atoms with Gasteiger partial charge in [0, 0.05) is 35.2 Å². The molecule has 7 nitrogen and oxygen atoms in total. The maximum atomic E-state index is 13.3. The lowest BCUT2D eigenvalue weighted by atomic mass is 9.89. The third kappa shape index (κ3) is 3.70. The summed E-state index contributed by atoms with van der Waals surface area (Å²) in [6, 6.07) is 8.18. The summed E-state index contributed by atoms with van der Waals surface area (Å²) in [5, 5.41) is 10.8.